The predicted molar refractivity (Wildman–Crippen MR) is 159 cm³/mol. The fraction of sp³-hybridized carbons (Fsp3) is 0.417. The van der Waals surface area contributed by atoms with Gasteiger partial charge in [0, 0.05) is 23.3 Å². The summed E-state index contributed by atoms with van der Waals surface area (Å²) < 4.78 is 18.8. The summed E-state index contributed by atoms with van der Waals surface area (Å²) in [5.41, 5.74) is 9.77. The lowest BCUT2D eigenvalue weighted by Crippen LogP contribution is -2.43. The number of fused-ring (bicyclic) bond motifs is 5. The van der Waals surface area contributed by atoms with Crippen LogP contribution >= 0.6 is 0 Å². The molecule has 2 aliphatic rings. The van der Waals surface area contributed by atoms with E-state index in [1.54, 1.807) is 0 Å². The fourth-order valence-electron chi connectivity index (χ4n) is 7.55. The number of aryl methyl sites for hydroxylation is 2. The third-order valence-corrected chi connectivity index (χ3v) is 9.70. The van der Waals surface area contributed by atoms with Crippen LogP contribution in [0.4, 0.5) is 0 Å². The van der Waals surface area contributed by atoms with E-state index in [0.29, 0.717) is 0 Å². The van der Waals surface area contributed by atoms with Crippen molar-refractivity contribution < 1.29 is 10.4 Å². The lowest BCUT2D eigenvalue weighted by molar-refractivity contribution is -0.661. The molecule has 3 aromatic carbocycles. The summed E-state index contributed by atoms with van der Waals surface area (Å²) in [5.74, 6) is -0.494. The lowest BCUT2D eigenvalue weighted by Gasteiger charge is -2.43. The van der Waals surface area contributed by atoms with Gasteiger partial charge in [0.15, 0.2) is 6.20 Å². The monoisotopic (exact) mass is 503 g/mol. The van der Waals surface area contributed by atoms with Crippen LogP contribution in [0.3, 0.4) is 0 Å². The lowest BCUT2D eigenvalue weighted by atomic mass is 9.60. The highest BCUT2D eigenvalue weighted by molar-refractivity contribution is 6.13. The first-order valence-electron chi connectivity index (χ1n) is 14.9. The second-order valence-corrected chi connectivity index (χ2v) is 13.3. The fourth-order valence-corrected chi connectivity index (χ4v) is 7.55. The molecular weight excluding hydrogens is 462 g/mol. The predicted octanol–water partition coefficient (Wildman–Crippen LogP) is 9.55. The first-order valence-corrected chi connectivity index (χ1v) is 14.4. The Kier molecular flexibility index (Phi) is 4.91. The molecule has 2 nitrogen and oxygen atoms in total. The van der Waals surface area contributed by atoms with E-state index in [1.807, 2.05) is 0 Å². The summed E-state index contributed by atoms with van der Waals surface area (Å²) in [6.45, 7) is 11.9. The van der Waals surface area contributed by atoms with Crippen molar-refractivity contribution in [2.24, 2.45) is 7.05 Å². The second kappa shape index (κ2) is 8.18. The standard InChI is InChI=1S/C36H40NO/c1-22-15-16-26-27-19-24-13-9-10-14-25(24)20-29(27)38-34(26)30(22)33-32-31(35(2,3)17-18-36(32,4)5)28(21-37(33)6)23-11-7-8-12-23/h9-10,13-16,19-21,23H,7-8,11-12,17-18H2,1-6H3/q+1/i23D. The Morgan fingerprint density at radius 3 is 2.24 bits per heavy atom. The van der Waals surface area contributed by atoms with Gasteiger partial charge in [0.2, 0.25) is 5.69 Å². The minimum atomic E-state index is -0.494. The molecule has 0 amide bonds. The Labute approximate surface area is 228 Å². The maximum atomic E-state index is 9.62. The van der Waals surface area contributed by atoms with E-state index in [0.717, 1.165) is 49.7 Å². The highest BCUT2D eigenvalue weighted by atomic mass is 16.3. The van der Waals surface area contributed by atoms with Crippen molar-refractivity contribution in [1.29, 1.82) is 0 Å². The molecule has 194 valence electrons. The Morgan fingerprint density at radius 1 is 0.868 bits per heavy atom. The third kappa shape index (κ3) is 3.42. The first-order chi connectivity index (χ1) is 18.5. The van der Waals surface area contributed by atoms with Crippen LogP contribution in [0.5, 0.6) is 0 Å². The van der Waals surface area contributed by atoms with E-state index in [2.05, 4.69) is 101 Å². The molecule has 0 bridgehead atoms. The van der Waals surface area contributed by atoms with E-state index >= 15 is 0 Å². The molecule has 1 fully saturated rings. The maximum absolute atomic E-state index is 9.62. The van der Waals surface area contributed by atoms with Gasteiger partial charge in [-0.15, -0.1) is 0 Å². The van der Waals surface area contributed by atoms with Gasteiger partial charge in [-0.2, -0.15) is 0 Å². The third-order valence-electron chi connectivity index (χ3n) is 9.70. The molecule has 38 heavy (non-hydrogen) atoms. The zero-order valence-corrected chi connectivity index (χ0v) is 23.8. The molecule has 0 N–H and O–H groups in total. The smallest absolute Gasteiger partial charge is 0.220 e. The summed E-state index contributed by atoms with van der Waals surface area (Å²) in [4.78, 5) is 0. The minimum absolute atomic E-state index is 0.00176. The first kappa shape index (κ1) is 22.8. The van der Waals surface area contributed by atoms with Crippen molar-refractivity contribution in [1.82, 2.24) is 0 Å². The Morgan fingerprint density at radius 2 is 1.53 bits per heavy atom. The summed E-state index contributed by atoms with van der Waals surface area (Å²) in [5, 5.41) is 4.79. The molecule has 5 aromatic rings. The van der Waals surface area contributed by atoms with Gasteiger partial charge in [-0.05, 0) is 83.4 Å². The van der Waals surface area contributed by atoms with Gasteiger partial charge in [-0.1, -0.05) is 76.9 Å². The van der Waals surface area contributed by atoms with Crippen LogP contribution in [0.15, 0.2) is 59.1 Å². The van der Waals surface area contributed by atoms with Crippen molar-refractivity contribution in [3.05, 3.63) is 77.0 Å². The van der Waals surface area contributed by atoms with E-state index in [9.17, 15) is 1.37 Å². The molecule has 2 aromatic heterocycles. The largest absolute Gasteiger partial charge is 0.455 e. The van der Waals surface area contributed by atoms with Crippen molar-refractivity contribution >= 4 is 32.7 Å². The molecule has 2 heterocycles. The Bertz CT molecular complexity index is 1800. The summed E-state index contributed by atoms with van der Waals surface area (Å²) >= 11 is 0. The number of hydrogen-bond donors (Lipinski definition) is 0. The van der Waals surface area contributed by atoms with Gasteiger partial charge in [0.1, 0.15) is 18.2 Å². The molecule has 2 aliphatic carbocycles. The Balaban J connectivity index is 1.61. The number of nitrogens with zero attached hydrogens (tertiary/aromatic N) is 1. The molecule has 1 saturated carbocycles. The van der Waals surface area contributed by atoms with Crippen LogP contribution in [0, 0.1) is 6.92 Å². The van der Waals surface area contributed by atoms with Crippen molar-refractivity contribution in [2.75, 3.05) is 0 Å². The van der Waals surface area contributed by atoms with Gasteiger partial charge in [0.05, 0.1) is 5.56 Å². The van der Waals surface area contributed by atoms with Gasteiger partial charge in [-0.3, -0.25) is 0 Å². The SMILES string of the molecule is [2H]C1(c2c[n+](C)c(-c3c(C)ccc4c3oc3cc5ccccc5cc34)c3c2C(C)(C)CCC3(C)C)CCCC1. The van der Waals surface area contributed by atoms with Crippen molar-refractivity contribution in [3.63, 3.8) is 0 Å². The highest BCUT2D eigenvalue weighted by Crippen LogP contribution is 2.53. The van der Waals surface area contributed by atoms with Gasteiger partial charge in [0.25, 0.3) is 0 Å². The van der Waals surface area contributed by atoms with Gasteiger partial charge in [-0.25, -0.2) is 4.57 Å². The van der Waals surface area contributed by atoms with Crippen molar-refractivity contribution in [3.8, 4) is 11.3 Å². The Hall–Kier alpha value is -3.13. The van der Waals surface area contributed by atoms with Gasteiger partial charge >= 0.3 is 0 Å². The number of rotatable bonds is 2. The topological polar surface area (TPSA) is 17.0 Å². The molecule has 0 aliphatic heterocycles. The summed E-state index contributed by atoms with van der Waals surface area (Å²) in [6.07, 6.45) is 8.82. The van der Waals surface area contributed by atoms with Crippen LogP contribution in [-0.2, 0) is 17.9 Å². The molecule has 0 unspecified atom stereocenters. The minimum Gasteiger partial charge on any atom is -0.455 e. The number of aromatic nitrogens is 1. The van der Waals surface area contributed by atoms with Gasteiger partial charge < -0.3 is 4.42 Å². The zero-order chi connectivity index (χ0) is 27.3. The zero-order valence-electron chi connectivity index (χ0n) is 24.8. The second-order valence-electron chi connectivity index (χ2n) is 13.3. The van der Waals surface area contributed by atoms with Crippen molar-refractivity contribution in [2.45, 2.75) is 89.9 Å². The van der Waals surface area contributed by atoms with E-state index in [-0.39, 0.29) is 10.8 Å². The number of benzene rings is 3. The number of furan rings is 1. The average Bonchev–Trinajstić information content (AvgIpc) is 3.49. The highest BCUT2D eigenvalue weighted by Gasteiger charge is 2.46. The normalized spacial score (nSPS) is 20.2. The molecule has 0 spiro atoms. The van der Waals surface area contributed by atoms with Crippen LogP contribution in [-0.4, -0.2) is 0 Å². The van der Waals surface area contributed by atoms with Crippen LogP contribution < -0.4 is 4.57 Å². The van der Waals surface area contributed by atoms with E-state index < -0.39 is 5.89 Å². The van der Waals surface area contributed by atoms with E-state index in [4.69, 9.17) is 4.42 Å². The summed E-state index contributed by atoms with van der Waals surface area (Å²) in [6, 6.07) is 17.5. The molecule has 0 atom stereocenters. The van der Waals surface area contributed by atoms with E-state index in [1.165, 1.54) is 55.1 Å². The summed E-state index contributed by atoms with van der Waals surface area (Å²) in [7, 11) is 2.20. The quantitative estimate of drug-likeness (QED) is 0.219. The molecule has 0 radical (unpaired) electrons. The van der Waals surface area contributed by atoms with Crippen LogP contribution in [0.1, 0.15) is 95.7 Å². The maximum Gasteiger partial charge on any atom is 0.220 e. The molecule has 0 saturated heterocycles. The average molecular weight is 504 g/mol. The van der Waals surface area contributed by atoms with Crippen LogP contribution in [0.2, 0.25) is 0 Å². The molecule has 2 heteroatoms. The molecule has 7 rings (SSSR count). The molecular formula is C36H40NO+. The number of pyridine rings is 1. The number of hydrogen-bond acceptors (Lipinski definition) is 1. The van der Waals surface area contributed by atoms with Crippen LogP contribution in [0.25, 0.3) is 44.0 Å².